The molecule has 1 fully saturated rings. The Bertz CT molecular complexity index is 473. The van der Waals surface area contributed by atoms with E-state index < -0.39 is 5.97 Å². The lowest BCUT2D eigenvalue weighted by Crippen LogP contribution is -2.33. The van der Waals surface area contributed by atoms with Crippen LogP contribution in [0.2, 0.25) is 0 Å². The zero-order chi connectivity index (χ0) is 14.5. The van der Waals surface area contributed by atoms with Gasteiger partial charge < -0.3 is 15.3 Å². The third-order valence-electron chi connectivity index (χ3n) is 3.94. The van der Waals surface area contributed by atoms with Gasteiger partial charge in [-0.25, -0.2) is 4.79 Å². The molecule has 1 aromatic carbocycles. The molecule has 1 saturated carbocycles. The van der Waals surface area contributed by atoms with E-state index in [0.29, 0.717) is 10.0 Å². The summed E-state index contributed by atoms with van der Waals surface area (Å²) in [5.41, 5.74) is 1.24. The molecule has 20 heavy (non-hydrogen) atoms. The highest BCUT2D eigenvalue weighted by atomic mass is 79.9. The number of hydrogen-bond acceptors (Lipinski definition) is 3. The summed E-state index contributed by atoms with van der Waals surface area (Å²) < 4.78 is 0.610. The predicted octanol–water partition coefficient (Wildman–Crippen LogP) is 3.43. The minimum atomic E-state index is -0.913. The van der Waals surface area contributed by atoms with Crippen LogP contribution in [0.3, 0.4) is 0 Å². The average Bonchev–Trinajstić information content (AvgIpc) is 2.92. The van der Waals surface area contributed by atoms with Gasteiger partial charge in [-0.2, -0.15) is 0 Å². The van der Waals surface area contributed by atoms with Gasteiger partial charge in [-0.05, 0) is 54.0 Å². The fraction of sp³-hybridized carbons (Fsp3) is 0.533. The number of carbonyl (C=O) groups is 1. The Hall–Kier alpha value is -1.07. The number of nitrogens with zero attached hydrogens (tertiary/aromatic N) is 1. The van der Waals surface area contributed by atoms with Gasteiger partial charge in [0, 0.05) is 29.3 Å². The summed E-state index contributed by atoms with van der Waals surface area (Å²) in [7, 11) is 2.18. The first-order valence-corrected chi connectivity index (χ1v) is 7.84. The van der Waals surface area contributed by atoms with Gasteiger partial charge in [0.1, 0.15) is 0 Å². The Morgan fingerprint density at radius 3 is 2.75 bits per heavy atom. The molecule has 1 aromatic rings. The molecule has 0 radical (unpaired) electrons. The number of hydrogen-bond donors (Lipinski definition) is 2. The van der Waals surface area contributed by atoms with E-state index in [2.05, 4.69) is 33.2 Å². The van der Waals surface area contributed by atoms with Crippen molar-refractivity contribution in [1.29, 1.82) is 0 Å². The quantitative estimate of drug-likeness (QED) is 0.832. The number of nitrogens with one attached hydrogen (secondary N) is 1. The first-order valence-electron chi connectivity index (χ1n) is 7.05. The summed E-state index contributed by atoms with van der Waals surface area (Å²) in [5.74, 6) is -0.913. The minimum absolute atomic E-state index is 0.290. The lowest BCUT2D eigenvalue weighted by atomic mass is 10.2. The largest absolute Gasteiger partial charge is 0.478 e. The molecule has 1 aliphatic carbocycles. The normalized spacial score (nSPS) is 15.8. The van der Waals surface area contributed by atoms with Crippen molar-refractivity contribution in [3.8, 4) is 0 Å². The van der Waals surface area contributed by atoms with Crippen LogP contribution in [0.1, 0.15) is 36.0 Å². The minimum Gasteiger partial charge on any atom is -0.478 e. The molecular formula is C15H21BrN2O2. The maximum Gasteiger partial charge on any atom is 0.336 e. The van der Waals surface area contributed by atoms with Crippen LogP contribution >= 0.6 is 15.9 Å². The Labute approximate surface area is 128 Å². The fourth-order valence-electron chi connectivity index (χ4n) is 2.70. The Morgan fingerprint density at radius 1 is 1.45 bits per heavy atom. The van der Waals surface area contributed by atoms with Crippen LogP contribution in [0.15, 0.2) is 22.7 Å². The lowest BCUT2D eigenvalue weighted by Gasteiger charge is -2.24. The summed E-state index contributed by atoms with van der Waals surface area (Å²) in [4.78, 5) is 13.3. The smallest absolute Gasteiger partial charge is 0.336 e. The summed E-state index contributed by atoms with van der Waals surface area (Å²) >= 11 is 3.29. The van der Waals surface area contributed by atoms with Crippen molar-refractivity contribution in [2.45, 2.75) is 31.7 Å². The number of halogens is 1. The van der Waals surface area contributed by atoms with E-state index >= 15 is 0 Å². The van der Waals surface area contributed by atoms with E-state index in [0.717, 1.165) is 24.8 Å². The molecule has 0 aromatic heterocycles. The summed E-state index contributed by atoms with van der Waals surface area (Å²) in [5, 5.41) is 12.3. The molecule has 0 amide bonds. The fourth-order valence-corrected chi connectivity index (χ4v) is 3.25. The number of carboxylic acid groups (broad SMARTS) is 1. The zero-order valence-electron chi connectivity index (χ0n) is 11.7. The van der Waals surface area contributed by atoms with Crippen molar-refractivity contribution in [1.82, 2.24) is 4.90 Å². The molecule has 0 saturated heterocycles. The number of rotatable bonds is 6. The van der Waals surface area contributed by atoms with Crippen LogP contribution in [-0.2, 0) is 0 Å². The maximum atomic E-state index is 10.9. The zero-order valence-corrected chi connectivity index (χ0v) is 13.3. The second kappa shape index (κ2) is 7.09. The predicted molar refractivity (Wildman–Crippen MR) is 84.5 cm³/mol. The molecule has 4 nitrogen and oxygen atoms in total. The number of benzene rings is 1. The lowest BCUT2D eigenvalue weighted by molar-refractivity contribution is 0.0696. The highest BCUT2D eigenvalue weighted by Crippen LogP contribution is 2.23. The van der Waals surface area contributed by atoms with Gasteiger partial charge in [0.25, 0.3) is 0 Å². The number of carboxylic acids is 1. The molecule has 0 bridgehead atoms. The monoisotopic (exact) mass is 340 g/mol. The Kier molecular flexibility index (Phi) is 5.43. The van der Waals surface area contributed by atoms with Crippen LogP contribution in [0.5, 0.6) is 0 Å². The van der Waals surface area contributed by atoms with E-state index in [9.17, 15) is 4.79 Å². The number of aromatic carboxylic acids is 1. The third-order valence-corrected chi connectivity index (χ3v) is 4.60. The van der Waals surface area contributed by atoms with Crippen LogP contribution in [-0.4, -0.2) is 42.2 Å². The molecule has 0 heterocycles. The van der Waals surface area contributed by atoms with Crippen molar-refractivity contribution in [2.75, 3.05) is 25.5 Å². The highest BCUT2D eigenvalue weighted by molar-refractivity contribution is 9.10. The second-order valence-corrected chi connectivity index (χ2v) is 6.20. The molecule has 0 unspecified atom stereocenters. The van der Waals surface area contributed by atoms with Gasteiger partial charge >= 0.3 is 5.97 Å². The van der Waals surface area contributed by atoms with Crippen molar-refractivity contribution in [2.24, 2.45) is 0 Å². The van der Waals surface area contributed by atoms with E-state index in [1.165, 1.54) is 25.7 Å². The molecule has 2 N–H and O–H groups in total. The first kappa shape index (κ1) is 15.3. The highest BCUT2D eigenvalue weighted by Gasteiger charge is 2.18. The van der Waals surface area contributed by atoms with E-state index in [1.807, 2.05) is 12.1 Å². The van der Waals surface area contributed by atoms with Gasteiger partial charge in [0.05, 0.1) is 5.56 Å². The van der Waals surface area contributed by atoms with E-state index in [4.69, 9.17) is 5.11 Å². The topological polar surface area (TPSA) is 52.6 Å². The molecule has 0 atom stereocenters. The molecule has 1 aliphatic rings. The summed E-state index contributed by atoms with van der Waals surface area (Å²) in [6.07, 6.45) is 5.34. The summed E-state index contributed by atoms with van der Waals surface area (Å²) in [6.45, 7) is 1.87. The second-order valence-electron chi connectivity index (χ2n) is 5.35. The van der Waals surface area contributed by atoms with Gasteiger partial charge in [0.15, 0.2) is 0 Å². The number of likely N-dealkylation sites (N-methyl/N-ethyl adjacent to an activating group) is 1. The molecule has 2 rings (SSSR count). The van der Waals surface area contributed by atoms with Gasteiger partial charge in [0.2, 0.25) is 0 Å². The van der Waals surface area contributed by atoms with Crippen molar-refractivity contribution in [3.63, 3.8) is 0 Å². The van der Waals surface area contributed by atoms with Crippen molar-refractivity contribution < 1.29 is 9.90 Å². The van der Waals surface area contributed by atoms with Crippen LogP contribution in [0.25, 0.3) is 0 Å². The maximum absolute atomic E-state index is 10.9. The van der Waals surface area contributed by atoms with Crippen LogP contribution in [0.4, 0.5) is 5.69 Å². The van der Waals surface area contributed by atoms with Gasteiger partial charge in [-0.15, -0.1) is 0 Å². The third kappa shape index (κ3) is 3.96. The Balaban J connectivity index is 1.82. The van der Waals surface area contributed by atoms with E-state index in [-0.39, 0.29) is 0 Å². The van der Waals surface area contributed by atoms with E-state index in [1.54, 1.807) is 6.07 Å². The Morgan fingerprint density at radius 2 is 2.15 bits per heavy atom. The average molecular weight is 341 g/mol. The molecule has 110 valence electrons. The SMILES string of the molecule is CN(CCNc1ccc(C(=O)O)c(Br)c1)C1CCCC1. The standard InChI is InChI=1S/C15H21BrN2O2/c1-18(12-4-2-3-5-12)9-8-17-11-6-7-13(15(19)20)14(16)10-11/h6-7,10,12,17H,2-5,8-9H2,1H3,(H,19,20). The molecule has 0 aliphatic heterocycles. The van der Waals surface area contributed by atoms with Gasteiger partial charge in [-0.1, -0.05) is 12.8 Å². The summed E-state index contributed by atoms with van der Waals surface area (Å²) in [6, 6.07) is 5.98. The molecule has 0 spiro atoms. The van der Waals surface area contributed by atoms with Crippen molar-refractivity contribution >= 4 is 27.6 Å². The van der Waals surface area contributed by atoms with Crippen LogP contribution in [0, 0.1) is 0 Å². The molecule has 5 heteroatoms. The first-order chi connectivity index (χ1) is 9.58. The molecular weight excluding hydrogens is 320 g/mol. The van der Waals surface area contributed by atoms with Crippen molar-refractivity contribution in [3.05, 3.63) is 28.2 Å². The number of anilines is 1. The van der Waals surface area contributed by atoms with Crippen LogP contribution < -0.4 is 5.32 Å². The van der Waals surface area contributed by atoms with Gasteiger partial charge in [-0.3, -0.25) is 0 Å².